The number of hydrogen-bond acceptors (Lipinski definition) is 3. The topological polar surface area (TPSA) is 53.2 Å². The SMILES string of the molecule is Cc1cc(C#N)cc(C)c1OCC(C)O. The van der Waals surface area contributed by atoms with Crippen molar-refractivity contribution in [2.24, 2.45) is 0 Å². The third-order valence-electron chi connectivity index (χ3n) is 2.06. The van der Waals surface area contributed by atoms with Crippen molar-refractivity contribution < 1.29 is 9.84 Å². The Balaban J connectivity index is 2.94. The predicted octanol–water partition coefficient (Wildman–Crippen LogP) is 1.93. The van der Waals surface area contributed by atoms with Crippen LogP contribution in [0.5, 0.6) is 5.75 Å². The van der Waals surface area contributed by atoms with Crippen molar-refractivity contribution >= 4 is 0 Å². The quantitative estimate of drug-likeness (QED) is 0.820. The molecule has 0 saturated carbocycles. The maximum atomic E-state index is 9.12. The summed E-state index contributed by atoms with van der Waals surface area (Å²) in [5.41, 5.74) is 2.48. The minimum atomic E-state index is -0.487. The van der Waals surface area contributed by atoms with Crippen LogP contribution >= 0.6 is 0 Å². The van der Waals surface area contributed by atoms with Crippen LogP contribution in [-0.4, -0.2) is 17.8 Å². The van der Waals surface area contributed by atoms with E-state index in [1.165, 1.54) is 0 Å². The monoisotopic (exact) mass is 205 g/mol. The molecule has 0 amide bonds. The zero-order valence-corrected chi connectivity index (χ0v) is 9.24. The van der Waals surface area contributed by atoms with E-state index in [2.05, 4.69) is 6.07 Å². The van der Waals surface area contributed by atoms with Crippen molar-refractivity contribution in [2.45, 2.75) is 26.9 Å². The summed E-state index contributed by atoms with van der Waals surface area (Å²) in [6, 6.07) is 5.66. The van der Waals surface area contributed by atoms with E-state index in [4.69, 9.17) is 15.1 Å². The molecule has 0 spiro atoms. The van der Waals surface area contributed by atoms with Crippen molar-refractivity contribution in [1.29, 1.82) is 5.26 Å². The van der Waals surface area contributed by atoms with Crippen molar-refractivity contribution in [2.75, 3.05) is 6.61 Å². The van der Waals surface area contributed by atoms with Crippen LogP contribution < -0.4 is 4.74 Å². The van der Waals surface area contributed by atoms with Gasteiger partial charge in [0.15, 0.2) is 0 Å². The van der Waals surface area contributed by atoms with Crippen LogP contribution in [0.15, 0.2) is 12.1 Å². The fourth-order valence-electron chi connectivity index (χ4n) is 1.45. The molecule has 0 heterocycles. The number of aliphatic hydroxyl groups is 1. The molecule has 0 fully saturated rings. The zero-order chi connectivity index (χ0) is 11.4. The molecule has 1 atom stereocenters. The maximum Gasteiger partial charge on any atom is 0.125 e. The highest BCUT2D eigenvalue weighted by Gasteiger charge is 2.07. The Kier molecular flexibility index (Phi) is 3.70. The molecule has 3 nitrogen and oxygen atoms in total. The Labute approximate surface area is 89.9 Å². The Hall–Kier alpha value is -1.53. The maximum absolute atomic E-state index is 9.12. The molecule has 1 aromatic carbocycles. The lowest BCUT2D eigenvalue weighted by atomic mass is 10.1. The molecular weight excluding hydrogens is 190 g/mol. The summed E-state index contributed by atoms with van der Waals surface area (Å²) in [5.74, 6) is 0.759. The smallest absolute Gasteiger partial charge is 0.125 e. The molecule has 15 heavy (non-hydrogen) atoms. The number of ether oxygens (including phenoxy) is 1. The number of nitrogens with zero attached hydrogens (tertiary/aromatic N) is 1. The van der Waals surface area contributed by atoms with Crippen molar-refractivity contribution in [3.63, 3.8) is 0 Å². The first-order chi connectivity index (χ1) is 7.04. The molecular formula is C12H15NO2. The van der Waals surface area contributed by atoms with Gasteiger partial charge in [0.25, 0.3) is 0 Å². The Morgan fingerprint density at radius 2 is 1.93 bits per heavy atom. The van der Waals surface area contributed by atoms with E-state index in [-0.39, 0.29) is 6.61 Å². The van der Waals surface area contributed by atoms with E-state index in [0.29, 0.717) is 5.56 Å². The minimum Gasteiger partial charge on any atom is -0.490 e. The van der Waals surface area contributed by atoms with Gasteiger partial charge in [0.05, 0.1) is 17.7 Å². The lowest BCUT2D eigenvalue weighted by Gasteiger charge is -2.13. The third kappa shape index (κ3) is 2.97. The summed E-state index contributed by atoms with van der Waals surface area (Å²) in [7, 11) is 0. The number of benzene rings is 1. The molecule has 0 aliphatic carbocycles. The van der Waals surface area contributed by atoms with E-state index in [1.54, 1.807) is 19.1 Å². The minimum absolute atomic E-state index is 0.271. The van der Waals surface area contributed by atoms with Gasteiger partial charge >= 0.3 is 0 Å². The fourth-order valence-corrected chi connectivity index (χ4v) is 1.45. The normalized spacial score (nSPS) is 11.9. The Morgan fingerprint density at radius 3 is 2.33 bits per heavy atom. The van der Waals surface area contributed by atoms with Gasteiger partial charge in [-0.2, -0.15) is 5.26 Å². The molecule has 1 aromatic rings. The van der Waals surface area contributed by atoms with Crippen LogP contribution in [0.3, 0.4) is 0 Å². The van der Waals surface area contributed by atoms with Gasteiger partial charge in [-0.3, -0.25) is 0 Å². The van der Waals surface area contributed by atoms with Crippen molar-refractivity contribution in [3.8, 4) is 11.8 Å². The fraction of sp³-hybridized carbons (Fsp3) is 0.417. The summed E-state index contributed by atoms with van der Waals surface area (Å²) < 4.78 is 5.47. The van der Waals surface area contributed by atoms with Gasteiger partial charge < -0.3 is 9.84 Å². The van der Waals surface area contributed by atoms with Gasteiger partial charge in [-0.05, 0) is 44.0 Å². The summed E-state index contributed by atoms with van der Waals surface area (Å²) >= 11 is 0. The standard InChI is InChI=1S/C12H15NO2/c1-8-4-11(6-13)5-9(2)12(8)15-7-10(3)14/h4-5,10,14H,7H2,1-3H3. The largest absolute Gasteiger partial charge is 0.490 e. The van der Waals surface area contributed by atoms with Gasteiger partial charge in [0, 0.05) is 0 Å². The van der Waals surface area contributed by atoms with E-state index < -0.39 is 6.10 Å². The second kappa shape index (κ2) is 4.81. The molecule has 80 valence electrons. The van der Waals surface area contributed by atoms with Crippen LogP contribution in [-0.2, 0) is 0 Å². The molecule has 0 aliphatic rings. The molecule has 0 radical (unpaired) electrons. The first-order valence-corrected chi connectivity index (χ1v) is 4.86. The first-order valence-electron chi connectivity index (χ1n) is 4.86. The number of rotatable bonds is 3. The molecule has 1 rings (SSSR count). The predicted molar refractivity (Wildman–Crippen MR) is 57.8 cm³/mol. The summed E-state index contributed by atoms with van der Waals surface area (Å²) in [6.07, 6.45) is -0.487. The number of aryl methyl sites for hydroxylation is 2. The number of nitriles is 1. The van der Waals surface area contributed by atoms with Crippen LogP contribution in [0.2, 0.25) is 0 Å². The molecule has 0 bridgehead atoms. The van der Waals surface area contributed by atoms with E-state index >= 15 is 0 Å². The highest BCUT2D eigenvalue weighted by atomic mass is 16.5. The lowest BCUT2D eigenvalue weighted by molar-refractivity contribution is 0.122. The first kappa shape index (κ1) is 11.5. The summed E-state index contributed by atoms with van der Waals surface area (Å²) in [6.45, 7) is 5.73. The van der Waals surface area contributed by atoms with Gasteiger partial charge in [0.2, 0.25) is 0 Å². The van der Waals surface area contributed by atoms with E-state index in [0.717, 1.165) is 16.9 Å². The highest BCUT2D eigenvalue weighted by Crippen LogP contribution is 2.24. The van der Waals surface area contributed by atoms with Gasteiger partial charge in [-0.1, -0.05) is 0 Å². The van der Waals surface area contributed by atoms with Crippen molar-refractivity contribution in [3.05, 3.63) is 28.8 Å². The molecule has 1 unspecified atom stereocenters. The highest BCUT2D eigenvalue weighted by molar-refractivity contribution is 5.47. The van der Waals surface area contributed by atoms with Crippen LogP contribution in [0.25, 0.3) is 0 Å². The van der Waals surface area contributed by atoms with Crippen LogP contribution in [0, 0.1) is 25.2 Å². The second-order valence-electron chi connectivity index (χ2n) is 3.71. The Bertz CT molecular complexity index is 368. The molecule has 1 N–H and O–H groups in total. The molecule has 3 heteroatoms. The van der Waals surface area contributed by atoms with E-state index in [1.807, 2.05) is 13.8 Å². The second-order valence-corrected chi connectivity index (χ2v) is 3.71. The molecule has 0 aromatic heterocycles. The van der Waals surface area contributed by atoms with Gasteiger partial charge in [0.1, 0.15) is 12.4 Å². The van der Waals surface area contributed by atoms with Crippen molar-refractivity contribution in [1.82, 2.24) is 0 Å². The number of aliphatic hydroxyl groups excluding tert-OH is 1. The average molecular weight is 205 g/mol. The van der Waals surface area contributed by atoms with Crippen LogP contribution in [0.1, 0.15) is 23.6 Å². The molecule has 0 saturated heterocycles. The average Bonchev–Trinajstić information content (AvgIpc) is 2.15. The van der Waals surface area contributed by atoms with Crippen LogP contribution in [0.4, 0.5) is 0 Å². The van der Waals surface area contributed by atoms with Gasteiger partial charge in [-0.15, -0.1) is 0 Å². The summed E-state index contributed by atoms with van der Waals surface area (Å²) in [4.78, 5) is 0. The van der Waals surface area contributed by atoms with E-state index in [9.17, 15) is 0 Å². The lowest BCUT2D eigenvalue weighted by Crippen LogP contribution is -2.13. The molecule has 0 aliphatic heterocycles. The van der Waals surface area contributed by atoms with Gasteiger partial charge in [-0.25, -0.2) is 0 Å². The number of hydrogen-bond donors (Lipinski definition) is 1. The third-order valence-corrected chi connectivity index (χ3v) is 2.06. The zero-order valence-electron chi connectivity index (χ0n) is 9.24. The Morgan fingerprint density at radius 1 is 1.40 bits per heavy atom. The summed E-state index contributed by atoms with van der Waals surface area (Å²) in [5, 5.41) is 17.9.